The van der Waals surface area contributed by atoms with Crippen molar-refractivity contribution in [2.24, 2.45) is 5.92 Å². The van der Waals surface area contributed by atoms with Gasteiger partial charge in [0, 0.05) is 19.1 Å². The molecule has 1 aliphatic heterocycles. The van der Waals surface area contributed by atoms with Crippen molar-refractivity contribution >= 4 is 16.1 Å². The van der Waals surface area contributed by atoms with Gasteiger partial charge in [-0.25, -0.2) is 22.3 Å². The molecule has 1 aromatic carbocycles. The van der Waals surface area contributed by atoms with Crippen LogP contribution in [0.2, 0.25) is 0 Å². The van der Waals surface area contributed by atoms with E-state index in [1.54, 1.807) is 24.0 Å². The molecule has 2 rings (SSSR count). The standard InChI is InChI=1S/C22H36FN3O4S/c1-16(2)14-30-20-13-18(9-10-19(20)23)17(3)25-31(28,29)12-8-6-7-11-26-21(27)24-15-22(26,4)5/h9-10,13,16-17,25H,6-8,11-12,14-15H2,1-5H3,(H,24,27)/t17-/m1/s1. The third kappa shape index (κ3) is 7.64. The number of nitrogens with one attached hydrogen (secondary N) is 2. The molecule has 0 spiro atoms. The molecule has 0 saturated carbocycles. The first-order valence-electron chi connectivity index (χ1n) is 10.9. The smallest absolute Gasteiger partial charge is 0.317 e. The maximum absolute atomic E-state index is 14.0. The van der Waals surface area contributed by atoms with Gasteiger partial charge in [-0.2, -0.15) is 0 Å². The van der Waals surface area contributed by atoms with Crippen molar-refractivity contribution in [3.63, 3.8) is 0 Å². The number of carbonyl (C=O) groups is 1. The SMILES string of the molecule is CC(C)COc1cc([C@@H](C)NS(=O)(=O)CCCCCN2C(=O)NCC2(C)C)ccc1F. The number of urea groups is 1. The second kappa shape index (κ2) is 10.6. The molecule has 0 unspecified atom stereocenters. The quantitative estimate of drug-likeness (QED) is 0.467. The molecule has 176 valence electrons. The summed E-state index contributed by atoms with van der Waals surface area (Å²) in [7, 11) is -3.49. The number of nitrogens with zero attached hydrogens (tertiary/aromatic N) is 1. The lowest BCUT2D eigenvalue weighted by Crippen LogP contribution is -2.42. The van der Waals surface area contributed by atoms with Gasteiger partial charge >= 0.3 is 6.03 Å². The van der Waals surface area contributed by atoms with Crippen molar-refractivity contribution in [2.45, 2.75) is 65.5 Å². The minimum atomic E-state index is -3.49. The van der Waals surface area contributed by atoms with E-state index in [0.717, 1.165) is 6.42 Å². The van der Waals surface area contributed by atoms with E-state index < -0.39 is 21.9 Å². The summed E-state index contributed by atoms with van der Waals surface area (Å²) in [5, 5.41) is 2.83. The molecule has 2 amide bonds. The van der Waals surface area contributed by atoms with Crippen LogP contribution in [0.3, 0.4) is 0 Å². The third-order valence-electron chi connectivity index (χ3n) is 5.33. The van der Waals surface area contributed by atoms with Crippen LogP contribution in [-0.2, 0) is 10.0 Å². The Kier molecular flexibility index (Phi) is 8.71. The van der Waals surface area contributed by atoms with Crippen LogP contribution in [0.4, 0.5) is 9.18 Å². The highest BCUT2D eigenvalue weighted by atomic mass is 32.2. The zero-order chi connectivity index (χ0) is 23.2. The molecule has 0 aromatic heterocycles. The summed E-state index contributed by atoms with van der Waals surface area (Å²) in [6.07, 6.45) is 1.96. The van der Waals surface area contributed by atoms with Gasteiger partial charge in [0.2, 0.25) is 10.0 Å². The van der Waals surface area contributed by atoms with Crippen LogP contribution in [-0.4, -0.2) is 50.3 Å². The first-order valence-corrected chi connectivity index (χ1v) is 12.5. The van der Waals surface area contributed by atoms with Gasteiger partial charge in [-0.1, -0.05) is 26.3 Å². The molecule has 2 N–H and O–H groups in total. The van der Waals surface area contributed by atoms with Crippen molar-refractivity contribution < 1.29 is 22.3 Å². The maximum atomic E-state index is 14.0. The van der Waals surface area contributed by atoms with E-state index >= 15 is 0 Å². The number of sulfonamides is 1. The molecule has 7 nitrogen and oxygen atoms in total. The second-order valence-corrected chi connectivity index (χ2v) is 11.1. The first kappa shape index (κ1) is 25.4. The van der Waals surface area contributed by atoms with Crippen molar-refractivity contribution in [3.05, 3.63) is 29.6 Å². The Balaban J connectivity index is 1.81. The highest BCUT2D eigenvalue weighted by Gasteiger charge is 2.36. The lowest BCUT2D eigenvalue weighted by Gasteiger charge is -2.29. The van der Waals surface area contributed by atoms with Gasteiger partial charge in [-0.05, 0) is 57.2 Å². The maximum Gasteiger partial charge on any atom is 0.317 e. The van der Waals surface area contributed by atoms with Crippen LogP contribution in [0.1, 0.15) is 65.5 Å². The monoisotopic (exact) mass is 457 g/mol. The second-order valence-electron chi connectivity index (χ2n) is 9.24. The highest BCUT2D eigenvalue weighted by Crippen LogP contribution is 2.24. The van der Waals surface area contributed by atoms with Crippen LogP contribution in [0, 0.1) is 11.7 Å². The van der Waals surface area contributed by atoms with Crippen LogP contribution in [0.5, 0.6) is 5.75 Å². The van der Waals surface area contributed by atoms with Crippen LogP contribution >= 0.6 is 0 Å². The summed E-state index contributed by atoms with van der Waals surface area (Å²) in [5.74, 6) is -0.0736. The van der Waals surface area contributed by atoms with E-state index in [1.165, 1.54) is 6.07 Å². The summed E-state index contributed by atoms with van der Waals surface area (Å²) < 4.78 is 47.0. The number of hydrogen-bond donors (Lipinski definition) is 2. The van der Waals surface area contributed by atoms with Crippen molar-refractivity contribution in [1.82, 2.24) is 14.9 Å². The Morgan fingerprint density at radius 3 is 2.55 bits per heavy atom. The fourth-order valence-electron chi connectivity index (χ4n) is 3.45. The summed E-state index contributed by atoms with van der Waals surface area (Å²) in [6, 6.07) is 3.85. The number of unbranched alkanes of at least 4 members (excludes halogenated alkanes) is 2. The van der Waals surface area contributed by atoms with Crippen LogP contribution in [0.15, 0.2) is 18.2 Å². The average molecular weight is 458 g/mol. The number of carbonyl (C=O) groups excluding carboxylic acids is 1. The largest absolute Gasteiger partial charge is 0.490 e. The topological polar surface area (TPSA) is 87.7 Å². The molecule has 0 aliphatic carbocycles. The Hall–Kier alpha value is -1.87. The third-order valence-corrected chi connectivity index (χ3v) is 6.87. The number of halogens is 1. The molecular formula is C22H36FN3O4S. The fraction of sp³-hybridized carbons (Fsp3) is 0.682. The predicted octanol–water partition coefficient (Wildman–Crippen LogP) is 3.82. The molecule has 1 aromatic rings. The molecule has 1 atom stereocenters. The normalized spacial score (nSPS) is 17.1. The minimum absolute atomic E-state index is 0.00479. The fourth-order valence-corrected chi connectivity index (χ4v) is 4.83. The lowest BCUT2D eigenvalue weighted by molar-refractivity contribution is 0.175. The molecule has 0 radical (unpaired) electrons. The predicted molar refractivity (Wildman–Crippen MR) is 120 cm³/mol. The Morgan fingerprint density at radius 1 is 1.23 bits per heavy atom. The van der Waals surface area contributed by atoms with Crippen LogP contribution < -0.4 is 14.8 Å². The molecular weight excluding hydrogens is 421 g/mol. The number of hydrogen-bond acceptors (Lipinski definition) is 4. The molecule has 9 heteroatoms. The summed E-state index contributed by atoms with van der Waals surface area (Å²) in [6.45, 7) is 11.3. The summed E-state index contributed by atoms with van der Waals surface area (Å²) in [4.78, 5) is 13.7. The Labute approximate surface area is 185 Å². The Bertz CT molecular complexity index is 858. The molecule has 1 aliphatic rings. The van der Waals surface area contributed by atoms with E-state index in [0.29, 0.717) is 38.1 Å². The van der Waals surface area contributed by atoms with E-state index in [4.69, 9.17) is 4.74 Å². The van der Waals surface area contributed by atoms with Gasteiger partial charge in [-0.15, -0.1) is 0 Å². The van der Waals surface area contributed by atoms with E-state index in [1.807, 2.05) is 27.7 Å². The van der Waals surface area contributed by atoms with E-state index in [-0.39, 0.29) is 29.0 Å². The number of amides is 2. The van der Waals surface area contributed by atoms with Gasteiger partial charge in [0.15, 0.2) is 11.6 Å². The minimum Gasteiger partial charge on any atom is -0.490 e. The highest BCUT2D eigenvalue weighted by molar-refractivity contribution is 7.89. The van der Waals surface area contributed by atoms with E-state index in [9.17, 15) is 17.6 Å². The molecule has 1 fully saturated rings. The van der Waals surface area contributed by atoms with Gasteiger partial charge < -0.3 is 15.0 Å². The van der Waals surface area contributed by atoms with Gasteiger partial charge in [0.25, 0.3) is 0 Å². The van der Waals surface area contributed by atoms with Gasteiger partial charge in [-0.3, -0.25) is 0 Å². The van der Waals surface area contributed by atoms with Crippen LogP contribution in [0.25, 0.3) is 0 Å². The van der Waals surface area contributed by atoms with Crippen molar-refractivity contribution in [3.8, 4) is 5.75 Å². The van der Waals surface area contributed by atoms with E-state index in [2.05, 4.69) is 10.0 Å². The number of rotatable bonds is 12. The first-order chi connectivity index (χ1) is 14.4. The summed E-state index contributed by atoms with van der Waals surface area (Å²) >= 11 is 0. The molecule has 0 bridgehead atoms. The molecule has 1 heterocycles. The zero-order valence-corrected chi connectivity index (χ0v) is 20.0. The lowest BCUT2D eigenvalue weighted by atomic mass is 10.1. The Morgan fingerprint density at radius 2 is 1.94 bits per heavy atom. The van der Waals surface area contributed by atoms with Gasteiger partial charge in [0.05, 0.1) is 17.9 Å². The summed E-state index contributed by atoms with van der Waals surface area (Å²) in [5.41, 5.74) is 0.429. The molecule has 31 heavy (non-hydrogen) atoms. The van der Waals surface area contributed by atoms with Crippen molar-refractivity contribution in [1.29, 1.82) is 0 Å². The molecule has 1 saturated heterocycles. The zero-order valence-electron chi connectivity index (χ0n) is 19.2. The average Bonchev–Trinajstić information content (AvgIpc) is 2.93. The number of benzene rings is 1. The number of ether oxygens (including phenoxy) is 1. The van der Waals surface area contributed by atoms with Gasteiger partial charge in [0.1, 0.15) is 0 Å². The van der Waals surface area contributed by atoms with Crippen molar-refractivity contribution in [2.75, 3.05) is 25.4 Å².